The first-order valence-electron chi connectivity index (χ1n) is 9.06. The van der Waals surface area contributed by atoms with E-state index in [0.29, 0.717) is 17.8 Å². The number of aromatic nitrogens is 2. The molecule has 9 heteroatoms. The quantitative estimate of drug-likeness (QED) is 0.724. The number of fused-ring (bicyclic) bond motifs is 6. The Balaban J connectivity index is 1.72. The number of hydrogen-bond acceptors (Lipinski definition) is 4. The first kappa shape index (κ1) is 17.5. The second-order valence-electron chi connectivity index (χ2n) is 7.46. The molecule has 8 nitrogen and oxygen atoms in total. The van der Waals surface area contributed by atoms with Crippen LogP contribution in [0.15, 0.2) is 47.3 Å². The lowest BCUT2D eigenvalue weighted by molar-refractivity contribution is 0.321. The molecule has 0 saturated carbocycles. The summed E-state index contributed by atoms with van der Waals surface area (Å²) < 4.78 is 30.7. The van der Waals surface area contributed by atoms with Crippen molar-refractivity contribution in [3.63, 3.8) is 0 Å². The summed E-state index contributed by atoms with van der Waals surface area (Å²) in [4.78, 5) is 13.2. The summed E-state index contributed by atoms with van der Waals surface area (Å²) in [5.41, 5.74) is 0.627. The molecule has 0 aliphatic carbocycles. The smallest absolute Gasteiger partial charge is 0.336 e. The molecule has 2 aliphatic heterocycles. The van der Waals surface area contributed by atoms with E-state index in [0.717, 1.165) is 15.1 Å². The zero-order valence-electron chi connectivity index (χ0n) is 15.5. The van der Waals surface area contributed by atoms with Gasteiger partial charge in [-0.2, -0.15) is 17.0 Å². The van der Waals surface area contributed by atoms with Crippen LogP contribution in [-0.4, -0.2) is 51.9 Å². The molecule has 3 heterocycles. The molecule has 1 saturated heterocycles. The fraction of sp³-hybridized carbons (Fsp3) is 0.316. The Labute approximate surface area is 162 Å². The van der Waals surface area contributed by atoms with E-state index in [2.05, 4.69) is 0 Å². The van der Waals surface area contributed by atoms with Crippen LogP contribution in [0.3, 0.4) is 0 Å². The molecule has 1 aromatic heterocycles. The molecule has 2 aliphatic rings. The van der Waals surface area contributed by atoms with E-state index in [1.54, 1.807) is 10.6 Å². The zero-order valence-corrected chi connectivity index (χ0v) is 16.3. The molecule has 2 aromatic carbocycles. The van der Waals surface area contributed by atoms with Crippen molar-refractivity contribution in [2.75, 3.05) is 20.6 Å². The van der Waals surface area contributed by atoms with Crippen LogP contribution in [0.1, 0.15) is 24.2 Å². The van der Waals surface area contributed by atoms with Crippen molar-refractivity contribution < 1.29 is 13.5 Å². The van der Waals surface area contributed by atoms with Crippen molar-refractivity contribution in [3.8, 4) is 11.6 Å². The molecule has 0 amide bonds. The molecule has 0 spiro atoms. The molecule has 0 radical (unpaired) electrons. The van der Waals surface area contributed by atoms with Crippen LogP contribution in [0.25, 0.3) is 16.5 Å². The number of nitrogens with zero attached hydrogens (tertiary/aromatic N) is 4. The number of benzene rings is 2. The fourth-order valence-corrected chi connectivity index (χ4v) is 5.78. The van der Waals surface area contributed by atoms with E-state index >= 15 is 0 Å². The predicted octanol–water partition coefficient (Wildman–Crippen LogP) is 1.61. The molecule has 2 bridgehead atoms. The lowest BCUT2D eigenvalue weighted by Gasteiger charge is -2.29. The van der Waals surface area contributed by atoms with Gasteiger partial charge in [0.1, 0.15) is 5.69 Å². The monoisotopic (exact) mass is 400 g/mol. The Kier molecular flexibility index (Phi) is 3.55. The summed E-state index contributed by atoms with van der Waals surface area (Å²) in [6.07, 6.45) is 0.502. The number of hydrogen-bond donors (Lipinski definition) is 1. The maximum absolute atomic E-state index is 13.2. The van der Waals surface area contributed by atoms with Crippen molar-refractivity contribution in [2.24, 2.45) is 0 Å². The third-order valence-corrected chi connectivity index (χ3v) is 7.70. The molecule has 5 rings (SSSR count). The second kappa shape index (κ2) is 5.69. The van der Waals surface area contributed by atoms with Crippen molar-refractivity contribution in [2.45, 2.75) is 18.5 Å². The largest absolute Gasteiger partial charge is 0.493 e. The molecule has 2 atom stereocenters. The van der Waals surface area contributed by atoms with Gasteiger partial charge in [-0.3, -0.25) is 4.57 Å². The van der Waals surface area contributed by atoms with Gasteiger partial charge in [-0.15, -0.1) is 0 Å². The first-order chi connectivity index (χ1) is 13.3. The van der Waals surface area contributed by atoms with Gasteiger partial charge in [-0.25, -0.2) is 9.36 Å². The minimum absolute atomic E-state index is 0.187. The van der Waals surface area contributed by atoms with Crippen LogP contribution in [0, 0.1) is 0 Å². The van der Waals surface area contributed by atoms with Gasteiger partial charge in [0.25, 0.3) is 10.2 Å². The van der Waals surface area contributed by atoms with Gasteiger partial charge < -0.3 is 5.11 Å². The number of rotatable bonds is 3. The molecule has 28 heavy (non-hydrogen) atoms. The lowest BCUT2D eigenvalue weighted by Crippen LogP contribution is -2.43. The summed E-state index contributed by atoms with van der Waals surface area (Å²) >= 11 is 0. The van der Waals surface area contributed by atoms with Gasteiger partial charge in [-0.1, -0.05) is 36.4 Å². The van der Waals surface area contributed by atoms with Crippen LogP contribution < -0.4 is 5.69 Å². The Morgan fingerprint density at radius 1 is 1.11 bits per heavy atom. The van der Waals surface area contributed by atoms with Crippen LogP contribution in [0.5, 0.6) is 5.88 Å². The minimum Gasteiger partial charge on any atom is -0.493 e. The van der Waals surface area contributed by atoms with E-state index < -0.39 is 16.3 Å². The Morgan fingerprint density at radius 3 is 2.57 bits per heavy atom. The summed E-state index contributed by atoms with van der Waals surface area (Å²) in [5.74, 6) is -0.187. The highest BCUT2D eigenvalue weighted by atomic mass is 32.2. The van der Waals surface area contributed by atoms with Crippen molar-refractivity contribution >= 4 is 21.0 Å². The summed E-state index contributed by atoms with van der Waals surface area (Å²) in [6, 6.07) is 12.4. The SMILES string of the molecule is CN(C)S(=O)(=O)N1CC2CC1c1c(O)n(-c3cccc4ccccc34)c(=O)n12. The summed E-state index contributed by atoms with van der Waals surface area (Å²) in [5, 5.41) is 12.8. The van der Waals surface area contributed by atoms with Crippen LogP contribution in [-0.2, 0) is 10.2 Å². The zero-order chi connectivity index (χ0) is 19.8. The molecule has 2 unspecified atom stereocenters. The molecule has 3 aromatic rings. The molecule has 1 N–H and O–H groups in total. The van der Waals surface area contributed by atoms with E-state index in [9.17, 15) is 18.3 Å². The number of aromatic hydroxyl groups is 1. The normalized spacial score (nSPS) is 21.7. The standard InChI is InChI=1S/C19H20N4O4S/c1-20(2)28(26,27)21-11-13-10-16(21)17-18(24)23(19(25)22(13)17)15-9-5-7-12-6-3-4-8-14(12)15/h3-9,13,16,24H,10-11H2,1-2H3. The third kappa shape index (κ3) is 2.12. The summed E-state index contributed by atoms with van der Waals surface area (Å²) in [7, 11) is -0.676. The molecular formula is C19H20N4O4S. The van der Waals surface area contributed by atoms with Crippen LogP contribution in [0.4, 0.5) is 0 Å². The second-order valence-corrected chi connectivity index (χ2v) is 9.56. The Bertz CT molecular complexity index is 1270. The highest BCUT2D eigenvalue weighted by Crippen LogP contribution is 2.50. The minimum atomic E-state index is -3.64. The van der Waals surface area contributed by atoms with Gasteiger partial charge in [0.2, 0.25) is 5.88 Å². The van der Waals surface area contributed by atoms with Gasteiger partial charge in [-0.05, 0) is 17.9 Å². The van der Waals surface area contributed by atoms with Gasteiger partial charge in [0, 0.05) is 26.0 Å². The highest BCUT2D eigenvalue weighted by Gasteiger charge is 2.52. The van der Waals surface area contributed by atoms with Crippen molar-refractivity contribution in [3.05, 3.63) is 58.6 Å². The van der Waals surface area contributed by atoms with Crippen molar-refractivity contribution in [1.82, 2.24) is 17.7 Å². The maximum Gasteiger partial charge on any atom is 0.336 e. The molecule has 146 valence electrons. The van der Waals surface area contributed by atoms with Crippen LogP contribution in [0.2, 0.25) is 0 Å². The van der Waals surface area contributed by atoms with Gasteiger partial charge in [0.15, 0.2) is 0 Å². The Hall–Kier alpha value is -2.62. The average Bonchev–Trinajstić information content (AvgIpc) is 3.33. The number of imidazole rings is 1. The summed E-state index contributed by atoms with van der Waals surface area (Å²) in [6.45, 7) is 0.233. The van der Waals surface area contributed by atoms with Crippen LogP contribution >= 0.6 is 0 Å². The van der Waals surface area contributed by atoms with Gasteiger partial charge >= 0.3 is 5.69 Å². The highest BCUT2D eigenvalue weighted by molar-refractivity contribution is 7.86. The van der Waals surface area contributed by atoms with Crippen molar-refractivity contribution in [1.29, 1.82) is 0 Å². The lowest BCUT2D eigenvalue weighted by atomic mass is 10.1. The van der Waals surface area contributed by atoms with Gasteiger partial charge in [0.05, 0.1) is 17.8 Å². The predicted molar refractivity (Wildman–Crippen MR) is 105 cm³/mol. The van der Waals surface area contributed by atoms with E-state index in [1.165, 1.54) is 23.0 Å². The Morgan fingerprint density at radius 2 is 1.82 bits per heavy atom. The average molecular weight is 400 g/mol. The topological polar surface area (TPSA) is 87.8 Å². The fourth-order valence-electron chi connectivity index (χ4n) is 4.49. The van der Waals surface area contributed by atoms with E-state index in [1.807, 2.05) is 36.4 Å². The molecule has 1 fully saturated rings. The maximum atomic E-state index is 13.2. The third-order valence-electron chi connectivity index (χ3n) is 5.78. The molecular weight excluding hydrogens is 380 g/mol. The van der Waals surface area contributed by atoms with E-state index in [-0.39, 0.29) is 24.2 Å². The first-order valence-corrected chi connectivity index (χ1v) is 10.5. The van der Waals surface area contributed by atoms with E-state index in [4.69, 9.17) is 0 Å².